The first-order chi connectivity index (χ1) is 6.29. The van der Waals surface area contributed by atoms with Gasteiger partial charge in [-0.15, -0.1) is 0 Å². The summed E-state index contributed by atoms with van der Waals surface area (Å²) in [5.41, 5.74) is 7.89. The first-order valence-electron chi connectivity index (χ1n) is 4.25. The first kappa shape index (κ1) is 9.52. The standard InChI is InChI=1S/C11H12NO/c12-11(13)9-5-4-8-10-6-2-1-3-7-10/h1-3,5-7,9,12H,4,8H2. The van der Waals surface area contributed by atoms with Gasteiger partial charge in [-0.25, -0.2) is 0 Å². The largest absolute Gasteiger partial charge is 0.268 e. The Morgan fingerprint density at radius 2 is 2.00 bits per heavy atom. The summed E-state index contributed by atoms with van der Waals surface area (Å²) < 4.78 is 0. The SMILES string of the molecule is [NH]C(=O)C=CCCc1ccccc1. The van der Waals surface area contributed by atoms with Gasteiger partial charge in [-0.2, -0.15) is 0 Å². The van der Waals surface area contributed by atoms with Crippen molar-refractivity contribution in [3.05, 3.63) is 48.0 Å². The lowest BCUT2D eigenvalue weighted by Crippen LogP contribution is -1.90. The number of nitrogens with one attached hydrogen (secondary N) is 1. The lowest BCUT2D eigenvalue weighted by atomic mass is 10.1. The van der Waals surface area contributed by atoms with Gasteiger partial charge in [0.05, 0.1) is 0 Å². The maximum absolute atomic E-state index is 10.2. The summed E-state index contributed by atoms with van der Waals surface area (Å²) in [4.78, 5) is 10.2. The Bertz CT molecular complexity index is 290. The molecule has 0 saturated heterocycles. The van der Waals surface area contributed by atoms with Crippen LogP contribution in [0.15, 0.2) is 42.5 Å². The molecule has 0 aliphatic carbocycles. The van der Waals surface area contributed by atoms with Gasteiger partial charge in [0.1, 0.15) is 0 Å². The summed E-state index contributed by atoms with van der Waals surface area (Å²) in [7, 11) is 0. The van der Waals surface area contributed by atoms with Crippen LogP contribution >= 0.6 is 0 Å². The molecule has 1 aromatic rings. The van der Waals surface area contributed by atoms with E-state index in [0.717, 1.165) is 12.8 Å². The maximum atomic E-state index is 10.2. The second kappa shape index (κ2) is 5.14. The molecule has 0 unspecified atom stereocenters. The molecule has 0 aliphatic rings. The van der Waals surface area contributed by atoms with Crippen LogP contribution in [0.4, 0.5) is 0 Å². The van der Waals surface area contributed by atoms with Crippen molar-refractivity contribution in [2.75, 3.05) is 0 Å². The van der Waals surface area contributed by atoms with E-state index < -0.39 is 5.91 Å². The fourth-order valence-electron chi connectivity index (χ4n) is 1.09. The van der Waals surface area contributed by atoms with E-state index >= 15 is 0 Å². The van der Waals surface area contributed by atoms with Gasteiger partial charge in [0.2, 0.25) is 0 Å². The summed E-state index contributed by atoms with van der Waals surface area (Å²) in [6.45, 7) is 0. The van der Waals surface area contributed by atoms with Crippen LogP contribution < -0.4 is 5.73 Å². The summed E-state index contributed by atoms with van der Waals surface area (Å²) >= 11 is 0. The highest BCUT2D eigenvalue weighted by Crippen LogP contribution is 2.02. The van der Waals surface area contributed by atoms with Crippen molar-refractivity contribution in [1.29, 1.82) is 0 Å². The lowest BCUT2D eigenvalue weighted by Gasteiger charge is -1.95. The number of benzene rings is 1. The average Bonchev–Trinajstić information content (AvgIpc) is 2.14. The van der Waals surface area contributed by atoms with Gasteiger partial charge in [0.25, 0.3) is 5.91 Å². The van der Waals surface area contributed by atoms with Crippen molar-refractivity contribution < 1.29 is 4.79 Å². The smallest absolute Gasteiger partial charge is 0.262 e. The molecule has 0 aliphatic heterocycles. The average molecular weight is 174 g/mol. The van der Waals surface area contributed by atoms with Crippen LogP contribution in [0.2, 0.25) is 0 Å². The van der Waals surface area contributed by atoms with Crippen LogP contribution in [0.1, 0.15) is 12.0 Å². The number of rotatable bonds is 4. The zero-order valence-electron chi connectivity index (χ0n) is 7.36. The molecule has 0 heterocycles. The molecule has 13 heavy (non-hydrogen) atoms. The fraction of sp³-hybridized carbons (Fsp3) is 0.182. The van der Waals surface area contributed by atoms with Crippen LogP contribution in [0, 0.1) is 0 Å². The van der Waals surface area contributed by atoms with Gasteiger partial charge in [-0.1, -0.05) is 36.4 Å². The number of hydrogen-bond acceptors (Lipinski definition) is 1. The third-order valence-electron chi connectivity index (χ3n) is 1.71. The van der Waals surface area contributed by atoms with Crippen LogP contribution in [-0.2, 0) is 11.2 Å². The molecular weight excluding hydrogens is 162 g/mol. The summed E-state index contributed by atoms with van der Waals surface area (Å²) in [6, 6.07) is 10.1. The van der Waals surface area contributed by atoms with Crippen LogP contribution in [0.3, 0.4) is 0 Å². The minimum atomic E-state index is -0.631. The number of carbonyl (C=O) groups excluding carboxylic acids is 1. The zero-order valence-corrected chi connectivity index (χ0v) is 7.36. The highest BCUT2D eigenvalue weighted by atomic mass is 16.1. The quantitative estimate of drug-likeness (QED) is 0.643. The second-order valence-corrected chi connectivity index (χ2v) is 2.79. The van der Waals surface area contributed by atoms with Crippen molar-refractivity contribution in [1.82, 2.24) is 5.73 Å². The number of allylic oxidation sites excluding steroid dienone is 1. The Kier molecular flexibility index (Phi) is 3.76. The highest BCUT2D eigenvalue weighted by Gasteiger charge is 1.88. The van der Waals surface area contributed by atoms with Gasteiger partial charge in [-0.05, 0) is 18.4 Å². The molecule has 1 N–H and O–H groups in total. The molecule has 0 atom stereocenters. The topological polar surface area (TPSA) is 40.9 Å². The second-order valence-electron chi connectivity index (χ2n) is 2.79. The normalized spacial score (nSPS) is 10.5. The summed E-state index contributed by atoms with van der Waals surface area (Å²) in [6.07, 6.45) is 4.77. The van der Waals surface area contributed by atoms with Gasteiger partial charge < -0.3 is 0 Å². The van der Waals surface area contributed by atoms with Crippen LogP contribution in [0.5, 0.6) is 0 Å². The van der Waals surface area contributed by atoms with Crippen molar-refractivity contribution in [3.63, 3.8) is 0 Å². The Hall–Kier alpha value is -1.57. The van der Waals surface area contributed by atoms with Gasteiger partial charge in [0.15, 0.2) is 0 Å². The molecule has 67 valence electrons. The molecular formula is C11H12NO. The molecule has 2 heteroatoms. The molecule has 0 saturated carbocycles. The van der Waals surface area contributed by atoms with Gasteiger partial charge in [-0.3, -0.25) is 10.5 Å². The Labute approximate surface area is 78.1 Å². The zero-order chi connectivity index (χ0) is 9.52. The van der Waals surface area contributed by atoms with Gasteiger partial charge in [0, 0.05) is 6.08 Å². The fourth-order valence-corrected chi connectivity index (χ4v) is 1.09. The highest BCUT2D eigenvalue weighted by molar-refractivity contribution is 5.84. The number of hydrogen-bond donors (Lipinski definition) is 0. The van der Waals surface area contributed by atoms with Crippen molar-refractivity contribution in [2.45, 2.75) is 12.8 Å². The van der Waals surface area contributed by atoms with Crippen LogP contribution in [0.25, 0.3) is 0 Å². The third kappa shape index (κ3) is 4.11. The molecule has 2 nitrogen and oxygen atoms in total. The number of carbonyl (C=O) groups is 1. The predicted molar refractivity (Wildman–Crippen MR) is 52.0 cm³/mol. The Balaban J connectivity index is 2.32. The minimum absolute atomic E-state index is 0.631. The molecule has 0 bridgehead atoms. The molecule has 0 aromatic heterocycles. The maximum Gasteiger partial charge on any atom is 0.262 e. The molecule has 1 rings (SSSR count). The number of amides is 1. The monoisotopic (exact) mass is 174 g/mol. The summed E-state index contributed by atoms with van der Waals surface area (Å²) in [5.74, 6) is -0.631. The van der Waals surface area contributed by atoms with Crippen molar-refractivity contribution in [3.8, 4) is 0 Å². The van der Waals surface area contributed by atoms with E-state index in [9.17, 15) is 4.79 Å². The van der Waals surface area contributed by atoms with E-state index in [2.05, 4.69) is 12.1 Å². The molecule has 0 fully saturated rings. The molecule has 1 amide bonds. The summed E-state index contributed by atoms with van der Waals surface area (Å²) in [5, 5.41) is 0. The van der Waals surface area contributed by atoms with E-state index in [1.807, 2.05) is 18.2 Å². The van der Waals surface area contributed by atoms with E-state index in [1.165, 1.54) is 11.6 Å². The van der Waals surface area contributed by atoms with E-state index in [0.29, 0.717) is 0 Å². The third-order valence-corrected chi connectivity index (χ3v) is 1.71. The minimum Gasteiger partial charge on any atom is -0.268 e. The van der Waals surface area contributed by atoms with Crippen molar-refractivity contribution >= 4 is 5.91 Å². The van der Waals surface area contributed by atoms with Crippen molar-refractivity contribution in [2.24, 2.45) is 0 Å². The van der Waals surface area contributed by atoms with E-state index in [1.54, 1.807) is 6.08 Å². The Morgan fingerprint density at radius 1 is 1.31 bits per heavy atom. The lowest BCUT2D eigenvalue weighted by molar-refractivity contribution is -0.114. The molecule has 1 aromatic carbocycles. The van der Waals surface area contributed by atoms with Gasteiger partial charge >= 0.3 is 0 Å². The van der Waals surface area contributed by atoms with Crippen LogP contribution in [-0.4, -0.2) is 5.91 Å². The van der Waals surface area contributed by atoms with E-state index in [-0.39, 0.29) is 0 Å². The predicted octanol–water partition coefficient (Wildman–Crippen LogP) is 1.98. The number of aryl methyl sites for hydroxylation is 1. The molecule has 0 spiro atoms. The van der Waals surface area contributed by atoms with E-state index in [4.69, 9.17) is 5.73 Å². The molecule has 1 radical (unpaired) electrons. The Morgan fingerprint density at radius 3 is 2.62 bits per heavy atom. The first-order valence-corrected chi connectivity index (χ1v) is 4.25.